The summed E-state index contributed by atoms with van der Waals surface area (Å²) in [6.45, 7) is 2.09. The molecule has 0 fully saturated rings. The van der Waals surface area contributed by atoms with E-state index in [1.165, 1.54) is 0 Å². The van der Waals surface area contributed by atoms with E-state index in [0.717, 1.165) is 34.4 Å². The molecule has 0 unspecified atom stereocenters. The molecule has 0 aliphatic carbocycles. The maximum absolute atomic E-state index is 11.9. The second-order valence-corrected chi connectivity index (χ2v) is 6.22. The van der Waals surface area contributed by atoms with Gasteiger partial charge in [0, 0.05) is 10.9 Å². The highest BCUT2D eigenvalue weighted by Crippen LogP contribution is 2.18. The van der Waals surface area contributed by atoms with Gasteiger partial charge in [-0.2, -0.15) is 0 Å². The molecule has 2 rings (SSSR count). The minimum atomic E-state index is -0.0406. The Morgan fingerprint density at radius 3 is 2.79 bits per heavy atom. The monoisotopic (exact) mass is 432 g/mol. The zero-order chi connectivity index (χ0) is 13.8. The first-order valence-corrected chi connectivity index (χ1v) is 8.00. The van der Waals surface area contributed by atoms with Gasteiger partial charge in [0.25, 0.3) is 5.56 Å². The van der Waals surface area contributed by atoms with E-state index < -0.39 is 0 Å². The molecule has 1 aromatic heterocycles. The van der Waals surface area contributed by atoms with Gasteiger partial charge in [-0.3, -0.25) is 4.79 Å². The van der Waals surface area contributed by atoms with Crippen molar-refractivity contribution in [3.05, 3.63) is 59.7 Å². The summed E-state index contributed by atoms with van der Waals surface area (Å²) in [5.74, 6) is 0.723. The number of nitrogens with zero attached hydrogens (tertiary/aromatic N) is 1. The van der Waals surface area contributed by atoms with Crippen LogP contribution < -0.4 is 5.56 Å². The Kier molecular flexibility index (Phi) is 5.15. The summed E-state index contributed by atoms with van der Waals surface area (Å²) in [6.07, 6.45) is 2.45. The van der Waals surface area contributed by atoms with E-state index in [4.69, 9.17) is 0 Å². The van der Waals surface area contributed by atoms with Crippen LogP contribution in [0.2, 0.25) is 0 Å². The highest BCUT2D eigenvalue weighted by atomic mass is 127. The molecule has 3 nitrogen and oxygen atoms in total. The van der Waals surface area contributed by atoms with Crippen molar-refractivity contribution in [2.75, 3.05) is 0 Å². The van der Waals surface area contributed by atoms with E-state index in [2.05, 4.69) is 55.4 Å². The fourth-order valence-corrected chi connectivity index (χ4v) is 2.82. The molecule has 0 aliphatic heterocycles. The van der Waals surface area contributed by atoms with Crippen LogP contribution in [0.3, 0.4) is 0 Å². The minimum Gasteiger partial charge on any atom is -0.309 e. The molecule has 0 spiro atoms. The summed E-state index contributed by atoms with van der Waals surface area (Å²) in [6, 6.07) is 7.98. The van der Waals surface area contributed by atoms with E-state index in [-0.39, 0.29) is 5.56 Å². The first-order chi connectivity index (χ1) is 9.11. The first kappa shape index (κ1) is 14.7. The van der Waals surface area contributed by atoms with Gasteiger partial charge in [0.2, 0.25) is 0 Å². The first-order valence-electron chi connectivity index (χ1n) is 6.12. The lowest BCUT2D eigenvalue weighted by molar-refractivity contribution is 0.821. The number of benzene rings is 1. The molecular weight excluding hydrogens is 419 g/mol. The molecule has 19 heavy (non-hydrogen) atoms. The largest absolute Gasteiger partial charge is 0.309 e. The molecule has 0 saturated heterocycles. The van der Waals surface area contributed by atoms with Crippen LogP contribution in [0.1, 0.15) is 30.4 Å². The summed E-state index contributed by atoms with van der Waals surface area (Å²) in [5, 5.41) is 0. The maximum Gasteiger partial charge on any atom is 0.264 e. The zero-order valence-electron chi connectivity index (χ0n) is 10.5. The van der Waals surface area contributed by atoms with Crippen LogP contribution in [0.4, 0.5) is 0 Å². The average molecular weight is 433 g/mol. The predicted molar refractivity (Wildman–Crippen MR) is 88.5 cm³/mol. The molecule has 0 bridgehead atoms. The number of nitrogens with one attached hydrogen (secondary N) is 1. The molecule has 1 heterocycles. The third kappa shape index (κ3) is 3.66. The van der Waals surface area contributed by atoms with Gasteiger partial charge >= 0.3 is 0 Å². The fraction of sp³-hybridized carbons (Fsp3) is 0.286. The Hall–Kier alpha value is -0.690. The molecular formula is C14H14BrIN2O. The van der Waals surface area contributed by atoms with Crippen LogP contribution in [0, 0.1) is 3.57 Å². The molecule has 2 aromatic rings. The molecule has 0 atom stereocenters. The van der Waals surface area contributed by atoms with Crippen molar-refractivity contribution in [3.63, 3.8) is 0 Å². The molecule has 0 aliphatic rings. The van der Waals surface area contributed by atoms with Crippen molar-refractivity contribution in [1.82, 2.24) is 9.97 Å². The topological polar surface area (TPSA) is 45.8 Å². The number of rotatable bonds is 4. The average Bonchev–Trinajstić information content (AvgIpc) is 2.38. The molecule has 0 amide bonds. The molecule has 5 heteroatoms. The van der Waals surface area contributed by atoms with Crippen molar-refractivity contribution < 1.29 is 0 Å². The quantitative estimate of drug-likeness (QED) is 0.749. The Balaban J connectivity index is 2.36. The highest BCUT2D eigenvalue weighted by molar-refractivity contribution is 14.1. The Morgan fingerprint density at radius 2 is 2.11 bits per heavy atom. The number of aromatic nitrogens is 2. The summed E-state index contributed by atoms with van der Waals surface area (Å²) < 4.78 is 1.74. The smallest absolute Gasteiger partial charge is 0.264 e. The van der Waals surface area contributed by atoms with Crippen LogP contribution in [0.5, 0.6) is 0 Å². The minimum absolute atomic E-state index is 0.0406. The molecule has 0 radical (unpaired) electrons. The molecule has 0 saturated carbocycles. The number of aryl methyl sites for hydroxylation is 1. The van der Waals surface area contributed by atoms with Gasteiger partial charge in [-0.1, -0.05) is 47.5 Å². The van der Waals surface area contributed by atoms with Crippen LogP contribution in [0.25, 0.3) is 0 Å². The Labute approximate surface area is 134 Å². The van der Waals surface area contributed by atoms with Crippen molar-refractivity contribution in [1.29, 1.82) is 0 Å². The van der Waals surface area contributed by atoms with Gasteiger partial charge in [0.1, 0.15) is 5.82 Å². The van der Waals surface area contributed by atoms with Crippen LogP contribution in [0.15, 0.2) is 33.5 Å². The molecule has 1 N–H and O–H groups in total. The van der Waals surface area contributed by atoms with Crippen molar-refractivity contribution in [2.24, 2.45) is 0 Å². The van der Waals surface area contributed by atoms with Crippen LogP contribution in [-0.2, 0) is 12.8 Å². The van der Waals surface area contributed by atoms with Gasteiger partial charge < -0.3 is 4.98 Å². The number of hydrogen-bond donors (Lipinski definition) is 1. The van der Waals surface area contributed by atoms with Gasteiger partial charge in [0.15, 0.2) is 0 Å². The van der Waals surface area contributed by atoms with Crippen molar-refractivity contribution in [3.8, 4) is 0 Å². The van der Waals surface area contributed by atoms with E-state index in [1.54, 1.807) is 0 Å². The molecule has 1 aromatic carbocycles. The number of H-pyrrole nitrogens is 1. The van der Waals surface area contributed by atoms with E-state index in [0.29, 0.717) is 9.99 Å². The van der Waals surface area contributed by atoms with Gasteiger partial charge in [0.05, 0.1) is 9.26 Å². The summed E-state index contributed by atoms with van der Waals surface area (Å²) in [4.78, 5) is 19.3. The lowest BCUT2D eigenvalue weighted by Gasteiger charge is -2.07. The van der Waals surface area contributed by atoms with Crippen LogP contribution >= 0.6 is 38.5 Å². The highest BCUT2D eigenvalue weighted by Gasteiger charge is 2.09. The number of halogens is 2. The summed E-state index contributed by atoms with van der Waals surface area (Å²) in [7, 11) is 0. The number of hydrogen-bond acceptors (Lipinski definition) is 2. The Bertz CT molecular complexity index is 640. The third-order valence-electron chi connectivity index (χ3n) is 2.78. The summed E-state index contributed by atoms with van der Waals surface area (Å²) >= 11 is 5.58. The SMILES string of the molecule is CCCc1nc(Cc2ccccc2Br)[nH]c(=O)c1I. The molecule has 100 valence electrons. The van der Waals surface area contributed by atoms with Crippen molar-refractivity contribution >= 4 is 38.5 Å². The second-order valence-electron chi connectivity index (χ2n) is 4.29. The summed E-state index contributed by atoms with van der Waals surface area (Å²) in [5.41, 5.74) is 1.98. The predicted octanol–water partition coefficient (Wildman–Crippen LogP) is 3.68. The van der Waals surface area contributed by atoms with Gasteiger partial charge in [-0.15, -0.1) is 0 Å². The van der Waals surface area contributed by atoms with Crippen molar-refractivity contribution in [2.45, 2.75) is 26.2 Å². The second kappa shape index (κ2) is 6.65. The maximum atomic E-state index is 11.9. The zero-order valence-corrected chi connectivity index (χ0v) is 14.3. The normalized spacial score (nSPS) is 10.7. The van der Waals surface area contributed by atoms with E-state index in [1.807, 2.05) is 24.3 Å². The number of aromatic amines is 1. The third-order valence-corrected chi connectivity index (χ3v) is 4.67. The van der Waals surface area contributed by atoms with Gasteiger partial charge in [-0.25, -0.2) is 4.98 Å². The standard InChI is InChI=1S/C14H14BrIN2O/c1-2-5-11-13(16)14(19)18-12(17-11)8-9-6-3-4-7-10(9)15/h3-4,6-7H,2,5,8H2,1H3,(H,17,18,19). The van der Waals surface area contributed by atoms with E-state index in [9.17, 15) is 4.79 Å². The fourth-order valence-electron chi connectivity index (χ4n) is 1.87. The van der Waals surface area contributed by atoms with Crippen LogP contribution in [-0.4, -0.2) is 9.97 Å². The van der Waals surface area contributed by atoms with Gasteiger partial charge in [-0.05, 0) is 40.6 Å². The Morgan fingerprint density at radius 1 is 1.37 bits per heavy atom. The van der Waals surface area contributed by atoms with E-state index >= 15 is 0 Å². The lowest BCUT2D eigenvalue weighted by atomic mass is 10.1. The lowest BCUT2D eigenvalue weighted by Crippen LogP contribution is -2.18.